The van der Waals surface area contributed by atoms with Gasteiger partial charge in [-0.05, 0) is 41.0 Å². The van der Waals surface area contributed by atoms with Gasteiger partial charge in [-0.15, -0.1) is 0 Å². The van der Waals surface area contributed by atoms with E-state index in [-0.39, 0.29) is 5.02 Å². The van der Waals surface area contributed by atoms with Crippen LogP contribution in [0, 0.1) is 21.7 Å². The van der Waals surface area contributed by atoms with Gasteiger partial charge in [-0.1, -0.05) is 48.6 Å². The number of anilines is 1. The van der Waals surface area contributed by atoms with E-state index in [2.05, 4.69) is 17.6 Å². The lowest BCUT2D eigenvalue weighted by Gasteiger charge is -2.13. The highest BCUT2D eigenvalue weighted by Gasteiger charge is 2.14. The van der Waals surface area contributed by atoms with Crippen molar-refractivity contribution in [3.63, 3.8) is 0 Å². The average molecular weight is 382 g/mol. The molecule has 0 saturated heterocycles. The summed E-state index contributed by atoms with van der Waals surface area (Å²) in [7, 11) is 0. The van der Waals surface area contributed by atoms with Crippen LogP contribution in [0.5, 0.6) is 0 Å². The topological polar surface area (TPSA) is 65.6 Å². The summed E-state index contributed by atoms with van der Waals surface area (Å²) >= 11 is 11.5. The summed E-state index contributed by atoms with van der Waals surface area (Å²) in [5, 5.41) is 9.10. The zero-order valence-electron chi connectivity index (χ0n) is 13.5. The Morgan fingerprint density at radius 1 is 1.27 bits per heavy atom. The van der Waals surface area contributed by atoms with Gasteiger partial charge in [-0.25, -0.2) is 4.39 Å². The molecule has 0 atom stereocenters. The number of rotatable bonds is 3. The number of nitrogens with zero attached hydrogens (tertiary/aromatic N) is 1. The van der Waals surface area contributed by atoms with E-state index < -0.39 is 5.82 Å². The molecule has 1 aromatic heterocycles. The average Bonchev–Trinajstić information content (AvgIpc) is 2.64. The second kappa shape index (κ2) is 7.12. The lowest BCUT2D eigenvalue weighted by atomic mass is 9.96. The number of halogens is 2. The van der Waals surface area contributed by atoms with Gasteiger partial charge in [-0.3, -0.25) is 0 Å². The summed E-state index contributed by atoms with van der Waals surface area (Å²) in [5.74, 6) is -0.163. The number of pyridine rings is 1. The number of benzene rings is 2. The van der Waals surface area contributed by atoms with Gasteiger partial charge >= 0.3 is 0 Å². The molecule has 3 rings (SSSR count). The van der Waals surface area contributed by atoms with E-state index in [1.165, 1.54) is 12.1 Å². The van der Waals surface area contributed by atoms with E-state index >= 15 is 0 Å². The third kappa shape index (κ3) is 3.25. The van der Waals surface area contributed by atoms with Gasteiger partial charge in [0, 0.05) is 17.3 Å². The number of hydrogen-bond donors (Lipinski definition) is 2. The first-order valence-electron chi connectivity index (χ1n) is 7.58. The molecule has 0 saturated carbocycles. The van der Waals surface area contributed by atoms with Crippen LogP contribution in [0.1, 0.15) is 16.7 Å². The summed E-state index contributed by atoms with van der Waals surface area (Å²) < 4.78 is 13.9. The molecule has 3 N–H and O–H groups in total. The highest BCUT2D eigenvalue weighted by Crippen LogP contribution is 2.33. The van der Waals surface area contributed by atoms with Crippen molar-refractivity contribution in [1.82, 2.24) is 4.98 Å². The predicted molar refractivity (Wildman–Crippen MR) is 106 cm³/mol. The van der Waals surface area contributed by atoms with E-state index in [0.717, 1.165) is 11.1 Å². The molecule has 6 heteroatoms. The molecule has 0 fully saturated rings. The number of aromatic amines is 1. The van der Waals surface area contributed by atoms with Crippen molar-refractivity contribution in [3.8, 4) is 17.2 Å². The fourth-order valence-corrected chi connectivity index (χ4v) is 3.23. The molecule has 0 unspecified atom stereocenters. The maximum absolute atomic E-state index is 13.4. The highest BCUT2D eigenvalue weighted by molar-refractivity contribution is 7.71. The Morgan fingerprint density at radius 3 is 2.73 bits per heavy atom. The van der Waals surface area contributed by atoms with Crippen LogP contribution in [0.4, 0.5) is 10.2 Å². The molecular weight excluding hydrogens is 369 g/mol. The molecular formula is C20H13ClFN3S. The van der Waals surface area contributed by atoms with E-state index in [0.29, 0.717) is 32.6 Å². The smallest absolute Gasteiger partial charge is 0.141 e. The van der Waals surface area contributed by atoms with Gasteiger partial charge in [-0.2, -0.15) is 5.26 Å². The molecule has 1 heterocycles. The lowest BCUT2D eigenvalue weighted by molar-refractivity contribution is 0.628. The molecule has 2 aromatic carbocycles. The van der Waals surface area contributed by atoms with Gasteiger partial charge < -0.3 is 10.7 Å². The van der Waals surface area contributed by atoms with Crippen molar-refractivity contribution in [2.45, 2.75) is 0 Å². The van der Waals surface area contributed by atoms with Crippen molar-refractivity contribution in [2.75, 3.05) is 5.73 Å². The first-order valence-corrected chi connectivity index (χ1v) is 8.37. The van der Waals surface area contributed by atoms with Crippen molar-refractivity contribution in [3.05, 3.63) is 87.3 Å². The minimum Gasteiger partial charge on any atom is -0.385 e. The number of hydrogen-bond acceptors (Lipinski definition) is 3. The zero-order valence-corrected chi connectivity index (χ0v) is 15.1. The van der Waals surface area contributed by atoms with Crippen molar-refractivity contribution in [2.24, 2.45) is 0 Å². The molecule has 0 amide bonds. The summed E-state index contributed by atoms with van der Waals surface area (Å²) in [5.41, 5.74) is 9.81. The molecule has 128 valence electrons. The maximum atomic E-state index is 13.4. The summed E-state index contributed by atoms with van der Waals surface area (Å²) in [6.45, 7) is 4.06. The van der Waals surface area contributed by atoms with Gasteiger partial charge in [0.15, 0.2) is 0 Å². The van der Waals surface area contributed by atoms with Crippen LogP contribution < -0.4 is 5.73 Å². The summed E-state index contributed by atoms with van der Waals surface area (Å²) in [6.07, 6.45) is 1.70. The Balaban J connectivity index is 2.16. The summed E-state index contributed by atoms with van der Waals surface area (Å²) in [6, 6.07) is 13.5. The number of H-pyrrole nitrogens is 1. The Morgan fingerprint density at radius 2 is 2.04 bits per heavy atom. The van der Waals surface area contributed by atoms with Crippen LogP contribution in [0.2, 0.25) is 5.02 Å². The van der Waals surface area contributed by atoms with Crippen LogP contribution in [-0.4, -0.2) is 4.98 Å². The lowest BCUT2D eigenvalue weighted by Crippen LogP contribution is -2.00. The van der Waals surface area contributed by atoms with E-state index in [9.17, 15) is 4.39 Å². The number of nitriles is 1. The Labute approximate surface area is 160 Å². The molecule has 26 heavy (non-hydrogen) atoms. The monoisotopic (exact) mass is 381 g/mol. The van der Waals surface area contributed by atoms with Crippen LogP contribution in [-0.2, 0) is 0 Å². The number of nitrogens with one attached hydrogen (secondary N) is 1. The van der Waals surface area contributed by atoms with Crippen molar-refractivity contribution < 1.29 is 4.39 Å². The Bertz CT molecular complexity index is 1130. The molecule has 0 aliphatic heterocycles. The minimum atomic E-state index is -0.511. The van der Waals surface area contributed by atoms with Crippen LogP contribution >= 0.6 is 23.8 Å². The normalized spacial score (nSPS) is 10.3. The summed E-state index contributed by atoms with van der Waals surface area (Å²) in [4.78, 5) is 2.98. The molecule has 0 bridgehead atoms. The van der Waals surface area contributed by atoms with E-state index in [1.54, 1.807) is 30.5 Å². The third-order valence-corrected chi connectivity index (χ3v) is 4.70. The SMILES string of the molecule is C=C(c1ccc(F)c(Cl)c1)c1c(N)[nH]cc(-c2cccc(C#N)c2)c1=S. The largest absolute Gasteiger partial charge is 0.385 e. The number of nitrogens with two attached hydrogens (primary N) is 1. The maximum Gasteiger partial charge on any atom is 0.141 e. The second-order valence-corrected chi connectivity index (χ2v) is 6.44. The first kappa shape index (κ1) is 17.9. The van der Waals surface area contributed by atoms with Crippen LogP contribution in [0.25, 0.3) is 16.7 Å². The third-order valence-electron chi connectivity index (χ3n) is 3.99. The van der Waals surface area contributed by atoms with Crippen LogP contribution in [0.15, 0.2) is 55.2 Å². The minimum absolute atomic E-state index is 0.00463. The second-order valence-electron chi connectivity index (χ2n) is 5.62. The Kier molecular flexibility index (Phi) is 4.90. The molecule has 0 radical (unpaired) electrons. The first-order chi connectivity index (χ1) is 12.4. The molecule has 0 aliphatic carbocycles. The van der Waals surface area contributed by atoms with E-state index in [4.69, 9.17) is 34.8 Å². The quantitative estimate of drug-likeness (QED) is 0.570. The number of nitrogen functional groups attached to an aromatic ring is 1. The fraction of sp³-hybridized carbons (Fsp3) is 0. The van der Waals surface area contributed by atoms with Gasteiger partial charge in [0.25, 0.3) is 0 Å². The standard InChI is InChI=1S/C20H13ClFN3S/c1-11(13-5-6-17(22)16(21)8-13)18-19(26)15(10-25-20(18)24)14-4-2-3-12(7-14)9-23/h2-8,10H,1H2,(H3,24,25,26). The highest BCUT2D eigenvalue weighted by atomic mass is 35.5. The molecule has 3 aromatic rings. The van der Waals surface area contributed by atoms with Gasteiger partial charge in [0.05, 0.1) is 21.2 Å². The van der Waals surface area contributed by atoms with E-state index in [1.807, 2.05) is 6.07 Å². The van der Waals surface area contributed by atoms with Crippen molar-refractivity contribution in [1.29, 1.82) is 5.26 Å². The molecule has 0 spiro atoms. The zero-order chi connectivity index (χ0) is 18.8. The van der Waals surface area contributed by atoms with Crippen LogP contribution in [0.3, 0.4) is 0 Å². The van der Waals surface area contributed by atoms with Gasteiger partial charge in [0.1, 0.15) is 11.6 Å². The molecule has 3 nitrogen and oxygen atoms in total. The number of aromatic nitrogens is 1. The van der Waals surface area contributed by atoms with Gasteiger partial charge in [0.2, 0.25) is 0 Å². The predicted octanol–water partition coefficient (Wildman–Crippen LogP) is 5.72. The fourth-order valence-electron chi connectivity index (χ4n) is 2.64. The van der Waals surface area contributed by atoms with Crippen molar-refractivity contribution >= 4 is 35.2 Å². The molecule has 0 aliphatic rings. The Hall–Kier alpha value is -2.94.